The zero-order chi connectivity index (χ0) is 92.0. The molecular formula is C114H137ClFN9O. The van der Waals surface area contributed by atoms with E-state index >= 15 is 0 Å². The van der Waals surface area contributed by atoms with Crippen LogP contribution in [0.15, 0.2) is 254 Å². The number of aryl methyl sites for hydroxylation is 3. The van der Waals surface area contributed by atoms with Crippen LogP contribution in [0.1, 0.15) is 260 Å². The average molecular weight is 1700 g/mol. The van der Waals surface area contributed by atoms with Crippen molar-refractivity contribution in [1.29, 1.82) is 0 Å². The number of H-pyrrole nitrogens is 6. The quantitative estimate of drug-likeness (QED) is 0.104. The highest BCUT2D eigenvalue weighted by Gasteiger charge is 2.28. The highest BCUT2D eigenvalue weighted by Crippen LogP contribution is 2.40. The fourth-order valence-corrected chi connectivity index (χ4v) is 16.2. The van der Waals surface area contributed by atoms with Crippen LogP contribution in [0.25, 0.3) is 110 Å². The summed E-state index contributed by atoms with van der Waals surface area (Å²) in [5.74, 6) is 2.01. The van der Waals surface area contributed by atoms with E-state index in [4.69, 9.17) is 16.0 Å². The second-order valence-electron chi connectivity index (χ2n) is 42.2. The molecule has 0 unspecified atom stereocenters. The molecule has 0 saturated heterocycles. The lowest BCUT2D eigenvalue weighted by molar-refractivity contribution is 0.524. The molecule has 18 aromatic rings. The molecule has 12 heteroatoms. The molecule has 0 bridgehead atoms. The summed E-state index contributed by atoms with van der Waals surface area (Å²) in [6.07, 6.45) is 12.9. The predicted molar refractivity (Wildman–Crippen MR) is 542 cm³/mol. The normalized spacial score (nSPS) is 12.2. The Morgan fingerprint density at radius 2 is 0.857 bits per heavy atom. The number of fused-ring (bicyclic) bond motifs is 8. The van der Waals surface area contributed by atoms with Crippen LogP contribution >= 0.6 is 11.6 Å². The largest absolute Gasteiger partial charge is 0.436 e. The topological polar surface area (TPSA) is 147 Å². The van der Waals surface area contributed by atoms with Gasteiger partial charge in [-0.25, -0.2) is 14.4 Å². The van der Waals surface area contributed by atoms with Crippen molar-refractivity contribution in [3.63, 3.8) is 0 Å². The second-order valence-corrected chi connectivity index (χ2v) is 42.6. The molecule has 10 nitrogen and oxygen atoms in total. The first-order chi connectivity index (χ1) is 58.9. The Morgan fingerprint density at radius 1 is 0.373 bits per heavy atom. The van der Waals surface area contributed by atoms with Gasteiger partial charge in [0.1, 0.15) is 17.2 Å². The minimum Gasteiger partial charge on any atom is -0.436 e. The van der Waals surface area contributed by atoms with Gasteiger partial charge in [0.05, 0.1) is 11.0 Å². The van der Waals surface area contributed by atoms with E-state index < -0.39 is 0 Å². The van der Waals surface area contributed by atoms with E-state index in [0.717, 1.165) is 72.5 Å². The van der Waals surface area contributed by atoms with Crippen molar-refractivity contribution < 1.29 is 8.81 Å². The van der Waals surface area contributed by atoms with Crippen molar-refractivity contribution in [2.75, 3.05) is 0 Å². The first-order valence-corrected chi connectivity index (χ1v) is 45.0. The van der Waals surface area contributed by atoms with Gasteiger partial charge < -0.3 is 34.3 Å². The molecule has 0 aliphatic rings. The number of rotatable bonds is 4. The lowest BCUT2D eigenvalue weighted by atomic mass is 9.75. The number of benzene rings is 10. The van der Waals surface area contributed by atoms with Crippen molar-refractivity contribution in [2.24, 2.45) is 0 Å². The minimum atomic E-state index is -0.149. The van der Waals surface area contributed by atoms with Crippen LogP contribution in [0.5, 0.6) is 0 Å². The summed E-state index contributed by atoms with van der Waals surface area (Å²) in [4.78, 5) is 33.3. The van der Waals surface area contributed by atoms with Crippen LogP contribution in [0.3, 0.4) is 0 Å². The Hall–Kier alpha value is -11.5. The fraction of sp³-hybridized carbons (Fsp3) is 0.342. The van der Waals surface area contributed by atoms with E-state index in [2.05, 4.69) is 365 Å². The Kier molecular flexibility index (Phi) is 29.0. The smallest absolute Gasteiger partial charge is 0.227 e. The van der Waals surface area contributed by atoms with Crippen molar-refractivity contribution in [1.82, 2.24) is 44.9 Å². The summed E-state index contributed by atoms with van der Waals surface area (Å²) < 4.78 is 19.6. The monoisotopic (exact) mass is 1700 g/mol. The SMILES string of the molecule is CC(C)(C)c1cc2[nH]ccc2cc1Cl.CC(C)(C)c1cc2[nH]ccc2cc1F.CC(C)(C)c1cc2cc[nH]c2cc1C(C)(C)C.CC(C)(C)c1ccc2nc(-c3ccccc3)[nH]c2c1.CC(C)c1cc2ccccc2cn1.CCc1cc2cc[nH]c2cc1C(C)(C)C.Cc1c[nH]c2cccc(C(C)(C)C)c12.Cc1ccccc1-c1nc2cc(C(C)(C)C)ccc2o1. The first-order valence-electron chi connectivity index (χ1n) is 44.7. The summed E-state index contributed by atoms with van der Waals surface area (Å²) in [7, 11) is 0. The van der Waals surface area contributed by atoms with Gasteiger partial charge in [-0.05, 0) is 262 Å². The third-order valence-corrected chi connectivity index (χ3v) is 23.5. The summed E-state index contributed by atoms with van der Waals surface area (Å²) in [6.45, 7) is 63.9. The summed E-state index contributed by atoms with van der Waals surface area (Å²) in [5.41, 5.74) is 28.5. The predicted octanol–water partition coefficient (Wildman–Crippen LogP) is 33.3. The Morgan fingerprint density at radius 3 is 1.40 bits per heavy atom. The van der Waals surface area contributed by atoms with E-state index in [1.54, 1.807) is 6.07 Å². The Bertz CT molecular complexity index is 6550. The molecule has 0 saturated carbocycles. The number of hydrogen-bond acceptors (Lipinski definition) is 4. The van der Waals surface area contributed by atoms with E-state index in [1.165, 1.54) is 110 Å². The molecule has 0 atom stereocenters. The van der Waals surface area contributed by atoms with Gasteiger partial charge in [-0.2, -0.15) is 0 Å². The van der Waals surface area contributed by atoms with Gasteiger partial charge in [-0.3, -0.25) is 4.98 Å². The number of nitrogens with zero attached hydrogens (tertiary/aromatic N) is 3. The summed E-state index contributed by atoms with van der Waals surface area (Å²) in [6, 6.07) is 73.2. The third-order valence-electron chi connectivity index (χ3n) is 23.2. The van der Waals surface area contributed by atoms with Gasteiger partial charge in [0.2, 0.25) is 5.89 Å². The van der Waals surface area contributed by atoms with Crippen LogP contribution in [0, 0.1) is 19.7 Å². The number of imidazole rings is 1. The van der Waals surface area contributed by atoms with Gasteiger partial charge in [-0.1, -0.05) is 296 Å². The zero-order valence-corrected chi connectivity index (χ0v) is 81.2. The van der Waals surface area contributed by atoms with E-state index in [1.807, 2.05) is 125 Å². The maximum absolute atomic E-state index is 13.7. The molecule has 0 radical (unpaired) electrons. The van der Waals surface area contributed by atoms with Crippen LogP contribution in [0.4, 0.5) is 4.39 Å². The molecular weight excluding hydrogens is 1570 g/mol. The Labute approximate surface area is 754 Å². The maximum atomic E-state index is 13.7. The molecule has 6 N–H and O–H groups in total. The number of hydrogen-bond donors (Lipinski definition) is 6. The van der Waals surface area contributed by atoms with Gasteiger partial charge in [0, 0.05) is 108 Å². The van der Waals surface area contributed by atoms with Crippen LogP contribution in [0.2, 0.25) is 5.02 Å². The molecule has 18 rings (SSSR count). The van der Waals surface area contributed by atoms with Crippen LogP contribution in [-0.2, 0) is 49.7 Å². The molecule has 0 fully saturated rings. The van der Waals surface area contributed by atoms with Crippen LogP contribution < -0.4 is 0 Å². The number of halogens is 2. The summed E-state index contributed by atoms with van der Waals surface area (Å²) in [5, 5.41) is 9.46. The molecule has 8 heterocycles. The molecule has 8 aromatic heterocycles. The Balaban J connectivity index is 0.000000140. The van der Waals surface area contributed by atoms with Crippen molar-refractivity contribution >= 4 is 99.0 Å². The van der Waals surface area contributed by atoms with Crippen molar-refractivity contribution in [2.45, 2.75) is 256 Å². The zero-order valence-electron chi connectivity index (χ0n) is 80.5. The first kappa shape index (κ1) is 95.1. The van der Waals surface area contributed by atoms with Gasteiger partial charge >= 0.3 is 0 Å². The lowest BCUT2D eigenvalue weighted by Gasteiger charge is -2.30. The fourth-order valence-electron chi connectivity index (χ4n) is 15.7. The lowest BCUT2D eigenvalue weighted by Crippen LogP contribution is -2.21. The van der Waals surface area contributed by atoms with Gasteiger partial charge in [0.25, 0.3) is 0 Å². The minimum absolute atomic E-state index is 0.0936. The third kappa shape index (κ3) is 23.8. The summed E-state index contributed by atoms with van der Waals surface area (Å²) >= 11 is 6.23. The second kappa shape index (κ2) is 38.3. The number of oxazole rings is 1. The standard InChI is InChI=1S/C18H19NO.C17H18N2.C16H23N.C14H19N.C13H17N.C12H14ClN.C12H14FN.C12H13N/c1-12-7-5-6-8-14(12)17-19-15-11-13(18(2,3)4)9-10-16(15)20-17;1-17(2,3)13-9-10-14-15(11-13)19-16(18-14)12-7-5-4-6-8-12;1-15(2,3)12-9-11-7-8-17-14(11)10-13(12)16(4,5)6;1-5-10-8-11-6-7-15-13(11)9-12(10)14(2,3)4;1-9-8-14-11-7-5-6-10(12(9)11)13(2,3)4;2*1-12(2,3)9-7-11-8(4-5-14-11)6-10(9)13;1-9(2)12-7-10-5-3-4-6-11(10)8-13-12/h5-11H,1-4H3;4-11H,1-3H3,(H,18,19);7-10,17H,1-6H3;6-9,15H,5H2,1-4H3;5-8,14H,1-4H3;2*4-7,14H,1-3H3;3-9H,1-2H3. The number of aromatic amines is 6. The molecule has 0 spiro atoms. The maximum Gasteiger partial charge on any atom is 0.227 e. The highest BCUT2D eigenvalue weighted by atomic mass is 35.5. The molecule has 0 aliphatic carbocycles. The average Bonchev–Trinajstić information content (AvgIpc) is 0.973. The molecule has 126 heavy (non-hydrogen) atoms. The highest BCUT2D eigenvalue weighted by molar-refractivity contribution is 6.32. The van der Waals surface area contributed by atoms with Gasteiger partial charge in [0.15, 0.2) is 5.58 Å². The van der Waals surface area contributed by atoms with E-state index in [-0.39, 0.29) is 49.1 Å². The molecule has 658 valence electrons. The number of pyridine rings is 1. The van der Waals surface area contributed by atoms with Crippen molar-refractivity contribution in [3.8, 4) is 22.8 Å². The van der Waals surface area contributed by atoms with Gasteiger partial charge in [-0.15, -0.1) is 0 Å². The molecule has 10 aromatic carbocycles. The van der Waals surface area contributed by atoms with E-state index in [9.17, 15) is 4.39 Å². The number of nitrogens with one attached hydrogen (secondary N) is 6. The number of aromatic nitrogens is 9. The van der Waals surface area contributed by atoms with Crippen molar-refractivity contribution in [3.05, 3.63) is 327 Å². The molecule has 0 amide bonds. The van der Waals surface area contributed by atoms with E-state index in [0.29, 0.717) is 11.8 Å². The van der Waals surface area contributed by atoms with Crippen LogP contribution in [-0.4, -0.2) is 44.9 Å². The molecule has 0 aliphatic heterocycles.